The Bertz CT molecular complexity index is 630. The van der Waals surface area contributed by atoms with Gasteiger partial charge in [0.05, 0.1) is 0 Å². The Morgan fingerprint density at radius 1 is 1.09 bits per heavy atom. The first kappa shape index (κ1) is 16.0. The Kier molecular flexibility index (Phi) is 5.17. The van der Waals surface area contributed by atoms with Crippen LogP contribution in [0.4, 0.5) is 0 Å². The molecule has 0 saturated carbocycles. The minimum absolute atomic E-state index is 0.294. The van der Waals surface area contributed by atoms with Crippen molar-refractivity contribution in [2.45, 2.75) is 32.9 Å². The van der Waals surface area contributed by atoms with E-state index in [-0.39, 0.29) is 0 Å². The molecule has 0 saturated heterocycles. The van der Waals surface area contributed by atoms with E-state index in [4.69, 9.17) is 0 Å². The summed E-state index contributed by atoms with van der Waals surface area (Å²) >= 11 is 0. The van der Waals surface area contributed by atoms with Gasteiger partial charge in [0.25, 0.3) is 0 Å². The molecular formula is C18H21NO3. The van der Waals surface area contributed by atoms with Crippen LogP contribution in [0.5, 0.6) is 5.75 Å². The Labute approximate surface area is 130 Å². The molecule has 0 aliphatic carbocycles. The third-order valence-electron chi connectivity index (χ3n) is 3.68. The van der Waals surface area contributed by atoms with Crippen LogP contribution >= 0.6 is 0 Å². The van der Waals surface area contributed by atoms with Gasteiger partial charge in [0, 0.05) is 6.54 Å². The number of benzene rings is 2. The smallest absolute Gasteiger partial charge is 0.321 e. The highest BCUT2D eigenvalue weighted by atomic mass is 16.4. The standard InChI is InChI=1S/C18H21NO3/c1-12-8-15(9-13(2)17(12)20)11-19-16(18(21)22)10-14-6-4-3-5-7-14/h3-9,16,19-20H,10-11H2,1-2H3,(H,21,22)/t16-/m1/s1. The molecule has 0 radical (unpaired) electrons. The van der Waals surface area contributed by atoms with Crippen LogP contribution in [0.15, 0.2) is 42.5 Å². The molecule has 0 bridgehead atoms. The van der Waals surface area contributed by atoms with E-state index < -0.39 is 12.0 Å². The van der Waals surface area contributed by atoms with Crippen molar-refractivity contribution in [2.75, 3.05) is 0 Å². The number of hydrogen-bond acceptors (Lipinski definition) is 3. The van der Waals surface area contributed by atoms with E-state index in [1.807, 2.05) is 56.3 Å². The molecule has 2 aromatic carbocycles. The van der Waals surface area contributed by atoms with E-state index in [0.717, 1.165) is 22.3 Å². The lowest BCUT2D eigenvalue weighted by Gasteiger charge is -2.15. The second kappa shape index (κ2) is 7.09. The molecule has 3 N–H and O–H groups in total. The maximum absolute atomic E-state index is 11.4. The maximum atomic E-state index is 11.4. The molecule has 22 heavy (non-hydrogen) atoms. The van der Waals surface area contributed by atoms with Gasteiger partial charge < -0.3 is 15.5 Å². The normalized spacial score (nSPS) is 12.1. The summed E-state index contributed by atoms with van der Waals surface area (Å²) in [6.45, 7) is 4.13. The number of hydrogen-bond donors (Lipinski definition) is 3. The van der Waals surface area contributed by atoms with Crippen molar-refractivity contribution in [2.24, 2.45) is 0 Å². The fourth-order valence-corrected chi connectivity index (χ4v) is 2.49. The third kappa shape index (κ3) is 4.09. The van der Waals surface area contributed by atoms with E-state index in [2.05, 4.69) is 5.32 Å². The van der Waals surface area contributed by atoms with Crippen molar-refractivity contribution in [3.8, 4) is 5.75 Å². The monoisotopic (exact) mass is 299 g/mol. The molecule has 0 aliphatic rings. The van der Waals surface area contributed by atoms with Gasteiger partial charge in [0.2, 0.25) is 0 Å². The SMILES string of the molecule is Cc1cc(CN[C@H](Cc2ccccc2)C(=O)O)cc(C)c1O. The van der Waals surface area contributed by atoms with Crippen LogP contribution in [0.1, 0.15) is 22.3 Å². The quantitative estimate of drug-likeness (QED) is 0.767. The zero-order chi connectivity index (χ0) is 16.1. The van der Waals surface area contributed by atoms with Crippen LogP contribution < -0.4 is 5.32 Å². The van der Waals surface area contributed by atoms with Crippen molar-refractivity contribution >= 4 is 5.97 Å². The second-order valence-electron chi connectivity index (χ2n) is 5.54. The van der Waals surface area contributed by atoms with Crippen LogP contribution in [0, 0.1) is 13.8 Å². The van der Waals surface area contributed by atoms with Crippen molar-refractivity contribution in [1.82, 2.24) is 5.32 Å². The predicted octanol–water partition coefficient (Wildman–Crippen LogP) is 2.79. The number of phenolic OH excluding ortho intramolecular Hbond substituents is 1. The van der Waals surface area contributed by atoms with Crippen molar-refractivity contribution in [1.29, 1.82) is 0 Å². The molecule has 4 heteroatoms. The molecule has 0 aromatic heterocycles. The van der Waals surface area contributed by atoms with E-state index in [1.165, 1.54) is 0 Å². The first-order chi connectivity index (χ1) is 10.5. The molecule has 2 aromatic rings. The van der Waals surface area contributed by atoms with Gasteiger partial charge in [-0.25, -0.2) is 0 Å². The largest absolute Gasteiger partial charge is 0.507 e. The summed E-state index contributed by atoms with van der Waals surface area (Å²) in [5.74, 6) is -0.570. The molecule has 0 fully saturated rings. The fourth-order valence-electron chi connectivity index (χ4n) is 2.49. The zero-order valence-corrected chi connectivity index (χ0v) is 12.8. The summed E-state index contributed by atoms with van der Waals surface area (Å²) in [4.78, 5) is 11.4. The average Bonchev–Trinajstić information content (AvgIpc) is 2.49. The summed E-state index contributed by atoms with van der Waals surface area (Å²) < 4.78 is 0. The Hall–Kier alpha value is -2.33. The number of carbonyl (C=O) groups is 1. The highest BCUT2D eigenvalue weighted by Crippen LogP contribution is 2.22. The number of nitrogens with one attached hydrogen (secondary N) is 1. The number of carboxylic acids is 1. The van der Waals surface area contributed by atoms with E-state index in [9.17, 15) is 15.0 Å². The predicted molar refractivity (Wildman–Crippen MR) is 86.0 cm³/mol. The summed E-state index contributed by atoms with van der Waals surface area (Å²) in [6.07, 6.45) is 0.437. The fraction of sp³-hybridized carbons (Fsp3) is 0.278. The van der Waals surface area contributed by atoms with Gasteiger partial charge in [-0.1, -0.05) is 42.5 Å². The number of phenols is 1. The summed E-state index contributed by atoms with van der Waals surface area (Å²) in [6, 6.07) is 12.7. The lowest BCUT2D eigenvalue weighted by molar-refractivity contribution is -0.139. The van der Waals surface area contributed by atoms with Gasteiger partial charge in [-0.2, -0.15) is 0 Å². The molecule has 2 rings (SSSR count). The maximum Gasteiger partial charge on any atom is 0.321 e. The molecule has 0 aliphatic heterocycles. The highest BCUT2D eigenvalue weighted by molar-refractivity contribution is 5.73. The van der Waals surface area contributed by atoms with Crippen LogP contribution in [0.25, 0.3) is 0 Å². The Morgan fingerprint density at radius 3 is 2.23 bits per heavy atom. The first-order valence-electron chi connectivity index (χ1n) is 7.26. The van der Waals surface area contributed by atoms with Gasteiger partial charge in [0.15, 0.2) is 0 Å². The number of aryl methyl sites for hydroxylation is 2. The number of carboxylic acid groups (broad SMARTS) is 1. The average molecular weight is 299 g/mol. The van der Waals surface area contributed by atoms with Gasteiger partial charge >= 0.3 is 5.97 Å². The molecule has 1 atom stereocenters. The van der Waals surface area contributed by atoms with Crippen molar-refractivity contribution < 1.29 is 15.0 Å². The third-order valence-corrected chi connectivity index (χ3v) is 3.68. The molecule has 116 valence electrons. The van der Waals surface area contributed by atoms with Crippen LogP contribution in [0.2, 0.25) is 0 Å². The first-order valence-corrected chi connectivity index (χ1v) is 7.26. The lowest BCUT2D eigenvalue weighted by atomic mass is 10.0. The van der Waals surface area contributed by atoms with Gasteiger partial charge in [-0.3, -0.25) is 4.79 Å². The number of aliphatic carboxylic acids is 1. The minimum atomic E-state index is -0.865. The Balaban J connectivity index is 2.05. The van der Waals surface area contributed by atoms with E-state index in [1.54, 1.807) is 0 Å². The molecule has 0 unspecified atom stereocenters. The second-order valence-corrected chi connectivity index (χ2v) is 5.54. The summed E-state index contributed by atoms with van der Waals surface area (Å²) in [5, 5.41) is 22.2. The summed E-state index contributed by atoms with van der Waals surface area (Å²) in [7, 11) is 0. The summed E-state index contributed by atoms with van der Waals surface area (Å²) in [5.41, 5.74) is 3.55. The van der Waals surface area contributed by atoms with E-state index in [0.29, 0.717) is 18.7 Å². The topological polar surface area (TPSA) is 69.6 Å². The van der Waals surface area contributed by atoms with Crippen molar-refractivity contribution in [3.05, 3.63) is 64.7 Å². The highest BCUT2D eigenvalue weighted by Gasteiger charge is 2.17. The molecule has 0 amide bonds. The van der Waals surface area contributed by atoms with E-state index >= 15 is 0 Å². The molecule has 0 spiro atoms. The number of rotatable bonds is 6. The Morgan fingerprint density at radius 2 is 1.68 bits per heavy atom. The zero-order valence-electron chi connectivity index (χ0n) is 12.8. The van der Waals surface area contributed by atoms with Gasteiger partial charge in [-0.05, 0) is 42.5 Å². The molecule has 0 heterocycles. The van der Waals surface area contributed by atoms with Crippen LogP contribution in [-0.4, -0.2) is 22.2 Å². The van der Waals surface area contributed by atoms with Crippen molar-refractivity contribution in [3.63, 3.8) is 0 Å². The lowest BCUT2D eigenvalue weighted by Crippen LogP contribution is -2.38. The molecular weight excluding hydrogens is 278 g/mol. The number of aromatic hydroxyl groups is 1. The molecule has 4 nitrogen and oxygen atoms in total. The van der Waals surface area contributed by atoms with Crippen LogP contribution in [-0.2, 0) is 17.8 Å². The van der Waals surface area contributed by atoms with Crippen LogP contribution in [0.3, 0.4) is 0 Å². The minimum Gasteiger partial charge on any atom is -0.507 e. The van der Waals surface area contributed by atoms with Gasteiger partial charge in [-0.15, -0.1) is 0 Å². The van der Waals surface area contributed by atoms with Gasteiger partial charge in [0.1, 0.15) is 11.8 Å².